The van der Waals surface area contributed by atoms with E-state index in [0.29, 0.717) is 11.1 Å². The van der Waals surface area contributed by atoms with Crippen molar-refractivity contribution < 1.29 is 14.3 Å². The van der Waals surface area contributed by atoms with Gasteiger partial charge < -0.3 is 4.74 Å². The number of Topliss-reactive ketones (excluding diaryl/α,β-unsaturated/α-hetero) is 1. The first-order valence-corrected chi connectivity index (χ1v) is 7.66. The zero-order valence-corrected chi connectivity index (χ0v) is 13.1. The molecule has 0 heterocycles. The molecule has 0 aliphatic heterocycles. The van der Waals surface area contributed by atoms with Gasteiger partial charge in [0.2, 0.25) is 5.78 Å². The van der Waals surface area contributed by atoms with E-state index in [2.05, 4.69) is 20.4 Å². The molecule has 2 aliphatic carbocycles. The summed E-state index contributed by atoms with van der Waals surface area (Å²) in [5, 5.41) is 0. The molecule has 0 N–H and O–H groups in total. The second-order valence-corrected chi connectivity index (χ2v) is 6.55. The number of carbonyl (C=O) groups excluding carboxylic acids is 2. The summed E-state index contributed by atoms with van der Waals surface area (Å²) in [6.45, 7) is 8.18. The number of hydrogen-bond acceptors (Lipinski definition) is 3. The van der Waals surface area contributed by atoms with E-state index < -0.39 is 0 Å². The smallest absolute Gasteiger partial charge is 0.228 e. The molecule has 0 fully saturated rings. The van der Waals surface area contributed by atoms with Crippen molar-refractivity contribution in [1.29, 1.82) is 0 Å². The van der Waals surface area contributed by atoms with Crippen LogP contribution in [-0.4, -0.2) is 18.2 Å². The molecule has 0 saturated carbocycles. The Morgan fingerprint density at radius 2 is 2.09 bits per heavy atom. The highest BCUT2D eigenvalue weighted by Crippen LogP contribution is 2.40. The Balaban J connectivity index is 2.14. The number of ether oxygens (including phenoxy) is 1. The molecule has 0 unspecified atom stereocenters. The summed E-state index contributed by atoms with van der Waals surface area (Å²) >= 11 is 0. The third kappa shape index (κ3) is 2.21. The van der Waals surface area contributed by atoms with Crippen LogP contribution in [0.4, 0.5) is 0 Å². The highest BCUT2D eigenvalue weighted by Gasteiger charge is 2.35. The SMILES string of the molecule is C=CCOC1=CC(=O)c2ccc3c(c2C1=O)CCCC3(C)C. The van der Waals surface area contributed by atoms with Gasteiger partial charge in [-0.25, -0.2) is 0 Å². The maximum atomic E-state index is 12.8. The van der Waals surface area contributed by atoms with Crippen molar-refractivity contribution in [3.05, 3.63) is 58.9 Å². The van der Waals surface area contributed by atoms with Gasteiger partial charge in [0.25, 0.3) is 0 Å². The molecule has 1 aromatic carbocycles. The minimum atomic E-state index is -0.175. The van der Waals surface area contributed by atoms with Gasteiger partial charge in [0.15, 0.2) is 11.5 Å². The normalized spacial score (nSPS) is 19.1. The lowest BCUT2D eigenvalue weighted by Gasteiger charge is -2.34. The first kappa shape index (κ1) is 14.8. The number of benzene rings is 1. The van der Waals surface area contributed by atoms with Gasteiger partial charge in [-0.2, -0.15) is 0 Å². The van der Waals surface area contributed by atoms with Gasteiger partial charge in [-0.15, -0.1) is 0 Å². The summed E-state index contributed by atoms with van der Waals surface area (Å²) in [4.78, 5) is 25.1. The summed E-state index contributed by atoms with van der Waals surface area (Å²) in [5.74, 6) is -0.194. The van der Waals surface area contributed by atoms with Crippen LogP contribution in [0.25, 0.3) is 0 Å². The molecule has 22 heavy (non-hydrogen) atoms. The highest BCUT2D eigenvalue weighted by atomic mass is 16.5. The summed E-state index contributed by atoms with van der Waals surface area (Å²) in [6, 6.07) is 3.81. The minimum absolute atomic E-state index is 0.0369. The van der Waals surface area contributed by atoms with Gasteiger partial charge in [-0.1, -0.05) is 32.6 Å². The van der Waals surface area contributed by atoms with Crippen molar-refractivity contribution in [1.82, 2.24) is 0 Å². The van der Waals surface area contributed by atoms with Crippen molar-refractivity contribution in [3.63, 3.8) is 0 Å². The predicted octanol–water partition coefficient (Wildman–Crippen LogP) is 3.77. The highest BCUT2D eigenvalue weighted by molar-refractivity contribution is 6.24. The van der Waals surface area contributed by atoms with Crippen molar-refractivity contribution in [3.8, 4) is 0 Å². The van der Waals surface area contributed by atoms with E-state index in [1.54, 1.807) is 12.1 Å². The van der Waals surface area contributed by atoms with E-state index >= 15 is 0 Å². The lowest BCUT2D eigenvalue weighted by molar-refractivity contribution is 0.0899. The van der Waals surface area contributed by atoms with Crippen molar-refractivity contribution in [2.45, 2.75) is 38.5 Å². The molecule has 114 valence electrons. The molecule has 0 atom stereocenters. The molecule has 2 aliphatic rings. The average Bonchev–Trinajstić information content (AvgIpc) is 2.48. The Labute approximate surface area is 130 Å². The lowest BCUT2D eigenvalue weighted by Crippen LogP contribution is -2.29. The van der Waals surface area contributed by atoms with Crippen molar-refractivity contribution >= 4 is 11.6 Å². The molecule has 0 bridgehead atoms. The number of ketones is 2. The lowest BCUT2D eigenvalue weighted by atomic mass is 9.69. The first-order chi connectivity index (χ1) is 10.5. The van der Waals surface area contributed by atoms with Crippen LogP contribution in [0.1, 0.15) is 58.5 Å². The number of hydrogen-bond donors (Lipinski definition) is 0. The topological polar surface area (TPSA) is 43.4 Å². The number of rotatable bonds is 3. The molecular formula is C19H20O3. The van der Waals surface area contributed by atoms with E-state index in [9.17, 15) is 9.59 Å². The average molecular weight is 296 g/mol. The fourth-order valence-corrected chi connectivity index (χ4v) is 3.49. The van der Waals surface area contributed by atoms with Crippen molar-refractivity contribution in [2.24, 2.45) is 0 Å². The molecular weight excluding hydrogens is 276 g/mol. The maximum absolute atomic E-state index is 12.8. The second kappa shape index (κ2) is 5.24. The number of allylic oxidation sites excluding steroid dienone is 2. The van der Waals surface area contributed by atoms with Crippen LogP contribution in [0.3, 0.4) is 0 Å². The molecule has 0 amide bonds. The Morgan fingerprint density at radius 3 is 2.82 bits per heavy atom. The molecule has 3 heteroatoms. The van der Waals surface area contributed by atoms with Crippen LogP contribution in [0.15, 0.2) is 36.6 Å². The quantitative estimate of drug-likeness (QED) is 0.798. The zero-order valence-electron chi connectivity index (χ0n) is 13.1. The third-order valence-corrected chi connectivity index (χ3v) is 4.61. The zero-order chi connectivity index (χ0) is 15.9. The number of fused-ring (bicyclic) bond motifs is 3. The molecule has 1 aromatic rings. The molecule has 3 nitrogen and oxygen atoms in total. The molecule has 0 radical (unpaired) electrons. The monoisotopic (exact) mass is 296 g/mol. The fraction of sp³-hybridized carbons (Fsp3) is 0.368. The fourth-order valence-electron chi connectivity index (χ4n) is 3.49. The van der Waals surface area contributed by atoms with E-state index in [4.69, 9.17) is 4.74 Å². The van der Waals surface area contributed by atoms with Gasteiger partial charge in [-0.3, -0.25) is 9.59 Å². The van der Waals surface area contributed by atoms with E-state index in [1.807, 2.05) is 6.07 Å². The largest absolute Gasteiger partial charge is 0.485 e. The molecule has 3 rings (SSSR count). The summed E-state index contributed by atoms with van der Waals surface area (Å²) in [7, 11) is 0. The molecule has 0 spiro atoms. The predicted molar refractivity (Wildman–Crippen MR) is 85.3 cm³/mol. The first-order valence-electron chi connectivity index (χ1n) is 7.66. The van der Waals surface area contributed by atoms with Gasteiger partial charge in [0, 0.05) is 17.2 Å². The van der Waals surface area contributed by atoms with Gasteiger partial charge in [0.1, 0.15) is 6.61 Å². The molecule has 0 aromatic heterocycles. The van der Waals surface area contributed by atoms with E-state index in [0.717, 1.165) is 24.8 Å². The Kier molecular flexibility index (Phi) is 3.51. The van der Waals surface area contributed by atoms with E-state index in [-0.39, 0.29) is 29.3 Å². The summed E-state index contributed by atoms with van der Waals surface area (Å²) in [6.07, 6.45) is 5.84. The van der Waals surface area contributed by atoms with Crippen LogP contribution >= 0.6 is 0 Å². The Bertz CT molecular complexity index is 708. The number of carbonyl (C=O) groups is 2. The van der Waals surface area contributed by atoms with Crippen LogP contribution in [-0.2, 0) is 16.6 Å². The van der Waals surface area contributed by atoms with Crippen LogP contribution in [0, 0.1) is 0 Å². The van der Waals surface area contributed by atoms with Gasteiger partial charge in [-0.05, 0) is 41.9 Å². The van der Waals surface area contributed by atoms with Gasteiger partial charge in [0.05, 0.1) is 0 Å². The second-order valence-electron chi connectivity index (χ2n) is 6.55. The summed E-state index contributed by atoms with van der Waals surface area (Å²) in [5.41, 5.74) is 3.31. The standard InChI is InChI=1S/C19H20O3/c1-4-10-22-16-11-15(20)13-7-8-14-12(17(13)18(16)21)6-5-9-19(14,2)3/h4,7-8,11H,1,5-6,9-10H2,2-3H3. The van der Waals surface area contributed by atoms with E-state index in [1.165, 1.54) is 11.6 Å². The van der Waals surface area contributed by atoms with Crippen molar-refractivity contribution in [2.75, 3.05) is 6.61 Å². The van der Waals surface area contributed by atoms with Gasteiger partial charge >= 0.3 is 0 Å². The Hall–Kier alpha value is -2.16. The Morgan fingerprint density at radius 1 is 1.32 bits per heavy atom. The van der Waals surface area contributed by atoms with Crippen LogP contribution in [0.2, 0.25) is 0 Å². The maximum Gasteiger partial charge on any atom is 0.228 e. The minimum Gasteiger partial charge on any atom is -0.485 e. The molecule has 0 saturated heterocycles. The van der Waals surface area contributed by atoms with Crippen LogP contribution in [0.5, 0.6) is 0 Å². The third-order valence-electron chi connectivity index (χ3n) is 4.61. The van der Waals surface area contributed by atoms with Crippen LogP contribution < -0.4 is 0 Å². The summed E-state index contributed by atoms with van der Waals surface area (Å²) < 4.78 is 5.39.